The first-order chi connectivity index (χ1) is 14.5. The number of carboxylic acids is 2. The quantitative estimate of drug-likeness (QED) is 0.455. The minimum Gasteiger partial charge on any atom is -0.480 e. The summed E-state index contributed by atoms with van der Waals surface area (Å²) in [4.78, 5) is 37.4. The molecule has 2 aliphatic heterocycles. The van der Waals surface area contributed by atoms with Gasteiger partial charge in [0.15, 0.2) is 0 Å². The average molecular weight is 419 g/mol. The molecule has 0 bridgehead atoms. The normalized spacial score (nSPS) is 21.0. The van der Waals surface area contributed by atoms with E-state index in [4.69, 9.17) is 4.74 Å². The summed E-state index contributed by atoms with van der Waals surface area (Å²) in [6, 6.07) is 5.31. The molecule has 1 aromatic carbocycles. The molecule has 30 heavy (non-hydrogen) atoms. The van der Waals surface area contributed by atoms with E-state index in [0.29, 0.717) is 31.1 Å². The van der Waals surface area contributed by atoms with Gasteiger partial charge >= 0.3 is 11.9 Å². The van der Waals surface area contributed by atoms with Crippen molar-refractivity contribution in [2.45, 2.75) is 37.8 Å². The van der Waals surface area contributed by atoms with Crippen molar-refractivity contribution in [1.29, 1.82) is 0 Å². The van der Waals surface area contributed by atoms with Crippen LogP contribution in [0.5, 0.6) is 0 Å². The summed E-state index contributed by atoms with van der Waals surface area (Å²) >= 11 is 0. The molecule has 9 nitrogen and oxygen atoms in total. The molecule has 9 heteroatoms. The highest BCUT2D eigenvalue weighted by atomic mass is 16.5. The van der Waals surface area contributed by atoms with Crippen LogP contribution in [0.25, 0.3) is 0 Å². The van der Waals surface area contributed by atoms with Crippen molar-refractivity contribution >= 4 is 23.5 Å². The van der Waals surface area contributed by atoms with Crippen LogP contribution in [-0.2, 0) is 25.5 Å². The predicted molar refractivity (Wildman–Crippen MR) is 110 cm³/mol. The zero-order valence-electron chi connectivity index (χ0n) is 16.9. The molecule has 1 saturated heterocycles. The Hall–Kier alpha value is -2.49. The highest BCUT2D eigenvalue weighted by Gasteiger charge is 2.34. The maximum atomic E-state index is 13.1. The number of nitrogens with one attached hydrogen (secondary N) is 2. The molecule has 0 unspecified atom stereocenters. The summed E-state index contributed by atoms with van der Waals surface area (Å²) in [5, 5.41) is 25.1. The number of piperidine rings is 1. The van der Waals surface area contributed by atoms with Gasteiger partial charge in [-0.15, -0.1) is 0 Å². The smallest absolute Gasteiger partial charge is 0.323 e. The predicted octanol–water partition coefficient (Wildman–Crippen LogP) is 0.478. The number of carbonyl (C=O) groups excluding carboxylic acids is 1. The van der Waals surface area contributed by atoms with Crippen molar-refractivity contribution in [2.75, 3.05) is 37.7 Å². The summed E-state index contributed by atoms with van der Waals surface area (Å²) in [5.74, 6) is -2.26. The zero-order chi connectivity index (χ0) is 21.5. The van der Waals surface area contributed by atoms with Crippen LogP contribution in [0.2, 0.25) is 0 Å². The van der Waals surface area contributed by atoms with Crippen LogP contribution in [0.3, 0.4) is 0 Å². The molecule has 3 rings (SSSR count). The Kier molecular flexibility index (Phi) is 7.78. The summed E-state index contributed by atoms with van der Waals surface area (Å²) in [6.45, 7) is 1.84. The topological polar surface area (TPSA) is 128 Å². The lowest BCUT2D eigenvalue weighted by molar-refractivity contribution is -0.142. The van der Waals surface area contributed by atoms with Gasteiger partial charge in [0, 0.05) is 12.3 Å². The number of carboxylic acid groups (broad SMARTS) is 2. The molecule has 0 aliphatic carbocycles. The highest BCUT2D eigenvalue weighted by molar-refractivity contribution is 6.02. The van der Waals surface area contributed by atoms with Crippen LogP contribution in [-0.4, -0.2) is 73.0 Å². The maximum Gasteiger partial charge on any atom is 0.323 e. The number of benzene rings is 1. The molecule has 0 radical (unpaired) electrons. The lowest BCUT2D eigenvalue weighted by atomic mass is 9.99. The number of nitrogens with zero attached hydrogens (tertiary/aromatic N) is 1. The number of carbonyl (C=O) groups is 3. The van der Waals surface area contributed by atoms with Crippen LogP contribution < -0.4 is 15.5 Å². The van der Waals surface area contributed by atoms with E-state index in [2.05, 4.69) is 10.6 Å². The maximum absolute atomic E-state index is 13.1. The van der Waals surface area contributed by atoms with E-state index in [9.17, 15) is 24.6 Å². The van der Waals surface area contributed by atoms with E-state index < -0.39 is 36.5 Å². The van der Waals surface area contributed by atoms with Crippen LogP contribution in [0.1, 0.15) is 24.8 Å². The van der Waals surface area contributed by atoms with Gasteiger partial charge in [0.05, 0.1) is 12.6 Å². The number of anilines is 1. The van der Waals surface area contributed by atoms with Gasteiger partial charge in [0.25, 0.3) is 0 Å². The Morgan fingerprint density at radius 1 is 1.20 bits per heavy atom. The van der Waals surface area contributed by atoms with Gasteiger partial charge in [0.1, 0.15) is 12.6 Å². The molecule has 2 aliphatic rings. The van der Waals surface area contributed by atoms with E-state index in [1.807, 2.05) is 12.1 Å². The number of rotatable bonds is 9. The lowest BCUT2D eigenvalue weighted by Crippen LogP contribution is -2.54. The van der Waals surface area contributed by atoms with Crippen LogP contribution >= 0.6 is 0 Å². The number of para-hydroxylation sites is 1. The molecule has 0 saturated carbocycles. The first-order valence-corrected chi connectivity index (χ1v) is 10.3. The second-order valence-corrected chi connectivity index (χ2v) is 7.83. The summed E-state index contributed by atoms with van der Waals surface area (Å²) < 4.78 is 5.67. The second-order valence-electron chi connectivity index (χ2n) is 7.83. The molecule has 0 spiro atoms. The summed E-state index contributed by atoms with van der Waals surface area (Å²) in [6.07, 6.45) is 2.91. The highest BCUT2D eigenvalue weighted by Crippen LogP contribution is 2.27. The van der Waals surface area contributed by atoms with Crippen LogP contribution in [0.15, 0.2) is 24.3 Å². The number of amides is 1. The van der Waals surface area contributed by atoms with Gasteiger partial charge in [-0.3, -0.25) is 24.6 Å². The first-order valence-electron chi connectivity index (χ1n) is 10.3. The largest absolute Gasteiger partial charge is 0.480 e. The Morgan fingerprint density at radius 3 is 2.63 bits per heavy atom. The molecule has 1 fully saturated rings. The molecular formula is C21H29N3O6. The molecular weight excluding hydrogens is 390 g/mol. The summed E-state index contributed by atoms with van der Waals surface area (Å²) in [5.41, 5.74) is 1.42. The number of hydrogen-bond acceptors (Lipinski definition) is 6. The Labute approximate surface area is 175 Å². The molecule has 1 aromatic rings. The SMILES string of the molecule is O=C(O)CN1C(=O)[C@@H](N[C@@H](COCC2CCNCC2)C(=O)O)CCc2ccccc21. The van der Waals surface area contributed by atoms with Crippen molar-refractivity contribution in [2.24, 2.45) is 5.92 Å². The van der Waals surface area contributed by atoms with Gasteiger partial charge in [0.2, 0.25) is 5.91 Å². The van der Waals surface area contributed by atoms with Crippen molar-refractivity contribution in [3.05, 3.63) is 29.8 Å². The van der Waals surface area contributed by atoms with Gasteiger partial charge in [-0.1, -0.05) is 18.2 Å². The number of fused-ring (bicyclic) bond motifs is 1. The van der Waals surface area contributed by atoms with Gasteiger partial charge < -0.3 is 20.3 Å². The Balaban J connectivity index is 1.66. The van der Waals surface area contributed by atoms with Crippen LogP contribution in [0, 0.1) is 5.92 Å². The molecule has 2 atom stereocenters. The standard InChI is InChI=1S/C21H29N3O6/c25-19(26)11-24-18-4-2-1-3-15(18)5-6-16(20(24)27)23-17(21(28)29)13-30-12-14-7-9-22-10-8-14/h1-4,14,16-17,22-23H,5-13H2,(H,25,26)(H,28,29)/t16-,17-/m0/s1. The van der Waals surface area contributed by atoms with Crippen molar-refractivity contribution in [3.63, 3.8) is 0 Å². The fourth-order valence-electron chi connectivity index (χ4n) is 4.00. The van der Waals surface area contributed by atoms with Crippen molar-refractivity contribution in [1.82, 2.24) is 10.6 Å². The Morgan fingerprint density at radius 2 is 1.93 bits per heavy atom. The number of aryl methyl sites for hydroxylation is 1. The fourth-order valence-corrected chi connectivity index (χ4v) is 4.00. The van der Waals surface area contributed by atoms with Crippen molar-refractivity contribution < 1.29 is 29.3 Å². The minimum absolute atomic E-state index is 0.0467. The number of hydrogen-bond donors (Lipinski definition) is 4. The third kappa shape index (κ3) is 5.78. The minimum atomic E-state index is -1.13. The van der Waals surface area contributed by atoms with Gasteiger partial charge in [-0.2, -0.15) is 0 Å². The summed E-state index contributed by atoms with van der Waals surface area (Å²) in [7, 11) is 0. The fraction of sp³-hybridized carbons (Fsp3) is 0.571. The second kappa shape index (κ2) is 10.5. The number of ether oxygens (including phenoxy) is 1. The molecule has 0 aromatic heterocycles. The van der Waals surface area contributed by atoms with E-state index in [1.165, 1.54) is 4.90 Å². The van der Waals surface area contributed by atoms with Gasteiger partial charge in [-0.05, 0) is 56.3 Å². The van der Waals surface area contributed by atoms with E-state index in [0.717, 1.165) is 31.5 Å². The van der Waals surface area contributed by atoms with Crippen molar-refractivity contribution in [3.8, 4) is 0 Å². The molecule has 2 heterocycles. The lowest BCUT2D eigenvalue weighted by Gasteiger charge is -2.27. The molecule has 164 valence electrons. The molecule has 4 N–H and O–H groups in total. The zero-order valence-corrected chi connectivity index (χ0v) is 16.9. The number of aliphatic carboxylic acids is 2. The van der Waals surface area contributed by atoms with Crippen LogP contribution in [0.4, 0.5) is 5.69 Å². The van der Waals surface area contributed by atoms with E-state index >= 15 is 0 Å². The van der Waals surface area contributed by atoms with E-state index in [1.54, 1.807) is 12.1 Å². The third-order valence-corrected chi connectivity index (χ3v) is 5.64. The van der Waals surface area contributed by atoms with Gasteiger partial charge in [-0.25, -0.2) is 0 Å². The van der Waals surface area contributed by atoms with E-state index in [-0.39, 0.29) is 6.61 Å². The molecule has 1 amide bonds. The Bertz CT molecular complexity index is 765. The monoisotopic (exact) mass is 419 g/mol. The third-order valence-electron chi connectivity index (χ3n) is 5.64. The average Bonchev–Trinajstić information content (AvgIpc) is 2.85. The first kappa shape index (κ1) is 22.2.